The number of allylic oxidation sites excluding steroid dienone is 1. The Balaban J connectivity index is 2.82. The first-order valence-corrected chi connectivity index (χ1v) is 4.29. The van der Waals surface area contributed by atoms with Crippen LogP contribution in [0.1, 0.15) is 0 Å². The predicted molar refractivity (Wildman–Crippen MR) is 59.5 cm³/mol. The summed E-state index contributed by atoms with van der Waals surface area (Å²) in [5.74, 6) is 1.08. The Morgan fingerprint density at radius 3 is 2.87 bits per heavy atom. The Hall–Kier alpha value is -2.11. The van der Waals surface area contributed by atoms with Gasteiger partial charge < -0.3 is 20.7 Å². The van der Waals surface area contributed by atoms with Crippen molar-refractivity contribution in [2.24, 2.45) is 0 Å². The second-order valence-corrected chi connectivity index (χ2v) is 3.00. The van der Waals surface area contributed by atoms with Crippen LogP contribution in [0.3, 0.4) is 0 Å². The molecule has 0 bridgehead atoms. The maximum atomic E-state index is 9.26. The monoisotopic (exact) mass is 207 g/mol. The number of anilines is 2. The fraction of sp³-hybridized carbons (Fsp3) is 0.222. The van der Waals surface area contributed by atoms with Crippen LogP contribution in [0.25, 0.3) is 0 Å². The molecule has 1 rings (SSSR count). The average Bonchev–Trinajstić information content (AvgIpc) is 2.18. The molecule has 0 unspecified atom stereocenters. The van der Waals surface area contributed by atoms with Gasteiger partial charge in [0.15, 0.2) is 5.88 Å². The van der Waals surface area contributed by atoms with Gasteiger partial charge in [0.2, 0.25) is 0 Å². The molecule has 0 atom stereocenters. The van der Waals surface area contributed by atoms with Gasteiger partial charge in [0.05, 0.1) is 0 Å². The quantitative estimate of drug-likeness (QED) is 0.506. The minimum atomic E-state index is -0.131. The van der Waals surface area contributed by atoms with E-state index in [1.807, 2.05) is 19.0 Å². The van der Waals surface area contributed by atoms with E-state index in [0.717, 1.165) is 12.0 Å². The summed E-state index contributed by atoms with van der Waals surface area (Å²) in [5, 5.41) is 18.6. The van der Waals surface area contributed by atoms with Crippen molar-refractivity contribution in [1.29, 1.82) is 5.41 Å². The summed E-state index contributed by atoms with van der Waals surface area (Å²) in [6.07, 6.45) is 3.60. The zero-order valence-corrected chi connectivity index (χ0v) is 8.60. The molecule has 1 aromatic rings. The van der Waals surface area contributed by atoms with E-state index in [1.165, 1.54) is 12.4 Å². The molecule has 80 valence electrons. The van der Waals surface area contributed by atoms with Crippen molar-refractivity contribution in [2.75, 3.05) is 24.3 Å². The smallest absolute Gasteiger partial charge is 0.191 e. The number of aliphatic hydroxyl groups excluding tert-OH is 1. The first-order chi connectivity index (χ1) is 7.13. The molecule has 0 aliphatic carbocycles. The van der Waals surface area contributed by atoms with E-state index < -0.39 is 0 Å². The molecule has 1 heterocycles. The molecule has 0 fully saturated rings. The van der Waals surface area contributed by atoms with E-state index in [-0.39, 0.29) is 5.88 Å². The first-order valence-electron chi connectivity index (χ1n) is 4.29. The van der Waals surface area contributed by atoms with Crippen LogP contribution < -0.4 is 10.2 Å². The van der Waals surface area contributed by atoms with Gasteiger partial charge in [-0.2, -0.15) is 0 Å². The molecule has 0 saturated heterocycles. The lowest BCUT2D eigenvalue weighted by Gasteiger charge is -2.11. The minimum Gasteiger partial charge on any atom is -0.495 e. The van der Waals surface area contributed by atoms with Crippen LogP contribution >= 0.6 is 0 Å². The number of hydrogen-bond acceptors (Lipinski definition) is 6. The van der Waals surface area contributed by atoms with E-state index in [1.54, 1.807) is 6.07 Å². The van der Waals surface area contributed by atoms with Crippen LogP contribution in [-0.4, -0.2) is 35.4 Å². The molecule has 6 nitrogen and oxygen atoms in total. The third-order valence-electron chi connectivity index (χ3n) is 1.61. The first kappa shape index (κ1) is 11.0. The lowest BCUT2D eigenvalue weighted by Crippen LogP contribution is -2.11. The predicted octanol–water partition coefficient (Wildman–Crippen LogP) is 1.00. The highest BCUT2D eigenvalue weighted by Gasteiger charge is 2.00. The second kappa shape index (κ2) is 4.94. The number of hydrogen-bond donors (Lipinski definition) is 3. The van der Waals surface area contributed by atoms with E-state index >= 15 is 0 Å². The number of nitrogens with one attached hydrogen (secondary N) is 2. The lowest BCUT2D eigenvalue weighted by atomic mass is 10.5. The molecule has 1 aromatic heterocycles. The van der Waals surface area contributed by atoms with Crippen molar-refractivity contribution in [2.45, 2.75) is 0 Å². The minimum absolute atomic E-state index is 0.131. The fourth-order valence-electron chi connectivity index (χ4n) is 0.912. The van der Waals surface area contributed by atoms with Crippen LogP contribution in [-0.2, 0) is 0 Å². The van der Waals surface area contributed by atoms with Gasteiger partial charge in [-0.15, -0.1) is 0 Å². The highest BCUT2D eigenvalue weighted by Crippen LogP contribution is 2.11. The van der Waals surface area contributed by atoms with E-state index in [2.05, 4.69) is 15.3 Å². The molecule has 0 spiro atoms. The van der Waals surface area contributed by atoms with Gasteiger partial charge in [0.25, 0.3) is 0 Å². The Bertz CT molecular complexity index is 375. The van der Waals surface area contributed by atoms with Gasteiger partial charge in [0.1, 0.15) is 18.0 Å². The maximum absolute atomic E-state index is 9.26. The summed E-state index contributed by atoms with van der Waals surface area (Å²) in [4.78, 5) is 9.76. The van der Waals surface area contributed by atoms with Gasteiger partial charge >= 0.3 is 0 Å². The van der Waals surface area contributed by atoms with Crippen LogP contribution in [0, 0.1) is 5.41 Å². The fourth-order valence-corrected chi connectivity index (χ4v) is 0.912. The van der Waals surface area contributed by atoms with Gasteiger partial charge in [-0.3, -0.25) is 0 Å². The van der Waals surface area contributed by atoms with E-state index in [9.17, 15) is 5.11 Å². The molecule has 15 heavy (non-hydrogen) atoms. The van der Waals surface area contributed by atoms with Crippen molar-refractivity contribution in [1.82, 2.24) is 9.97 Å². The third kappa shape index (κ3) is 3.26. The number of aromatic nitrogens is 2. The summed E-state index contributed by atoms with van der Waals surface area (Å²) in [6.45, 7) is 0. The van der Waals surface area contributed by atoms with Crippen LogP contribution in [0.4, 0.5) is 11.6 Å². The topological polar surface area (TPSA) is 85.1 Å². The van der Waals surface area contributed by atoms with Crippen molar-refractivity contribution in [3.05, 3.63) is 24.4 Å². The largest absolute Gasteiger partial charge is 0.495 e. The molecule has 0 saturated carbocycles. The van der Waals surface area contributed by atoms with Gasteiger partial charge in [-0.1, -0.05) is 0 Å². The van der Waals surface area contributed by atoms with Gasteiger partial charge in [-0.25, -0.2) is 9.97 Å². The summed E-state index contributed by atoms with van der Waals surface area (Å²) >= 11 is 0. The molecule has 0 aromatic carbocycles. The summed E-state index contributed by atoms with van der Waals surface area (Å²) in [7, 11) is 3.72. The summed E-state index contributed by atoms with van der Waals surface area (Å²) in [5.41, 5.74) is 0. The molecule has 0 amide bonds. The number of aliphatic hydroxyl groups is 1. The van der Waals surface area contributed by atoms with Crippen LogP contribution in [0.5, 0.6) is 0 Å². The molecular weight excluding hydrogens is 194 g/mol. The number of rotatable bonds is 4. The zero-order valence-electron chi connectivity index (χ0n) is 8.60. The third-order valence-corrected chi connectivity index (χ3v) is 1.61. The van der Waals surface area contributed by atoms with E-state index in [0.29, 0.717) is 5.82 Å². The van der Waals surface area contributed by atoms with Crippen LogP contribution in [0.15, 0.2) is 24.4 Å². The zero-order chi connectivity index (χ0) is 11.3. The lowest BCUT2D eigenvalue weighted by molar-refractivity contribution is 0.420. The Morgan fingerprint density at radius 1 is 1.53 bits per heavy atom. The second-order valence-electron chi connectivity index (χ2n) is 3.00. The Morgan fingerprint density at radius 2 is 2.27 bits per heavy atom. The molecule has 6 heteroatoms. The highest BCUT2D eigenvalue weighted by molar-refractivity contribution is 5.69. The van der Waals surface area contributed by atoms with Crippen LogP contribution in [0.2, 0.25) is 0 Å². The van der Waals surface area contributed by atoms with Gasteiger partial charge in [-0.05, 0) is 0 Å². The van der Waals surface area contributed by atoms with Gasteiger partial charge in [0, 0.05) is 32.5 Å². The summed E-state index contributed by atoms with van der Waals surface area (Å²) in [6, 6.07) is 1.69. The SMILES string of the molecule is CN(C)c1cc(N/C(O)=C\C=N)ncn1. The van der Waals surface area contributed by atoms with Crippen molar-refractivity contribution in [3.63, 3.8) is 0 Å². The molecule has 3 N–H and O–H groups in total. The molecule has 0 aliphatic heterocycles. The summed E-state index contributed by atoms with van der Waals surface area (Å²) < 4.78 is 0. The molecule has 0 radical (unpaired) electrons. The standard InChI is InChI=1S/C9H13N5O/c1-14(2)8-5-7(11-6-12-8)13-9(15)3-4-10/h3-6,10,15H,1-2H3,(H,11,12,13)/b9-3+,10-4?. The van der Waals surface area contributed by atoms with Crippen molar-refractivity contribution >= 4 is 17.9 Å². The highest BCUT2D eigenvalue weighted by atomic mass is 16.3. The Labute approximate surface area is 87.8 Å². The van der Waals surface area contributed by atoms with Crippen molar-refractivity contribution < 1.29 is 5.11 Å². The maximum Gasteiger partial charge on any atom is 0.191 e. The Kier molecular flexibility index (Phi) is 3.61. The van der Waals surface area contributed by atoms with Crippen molar-refractivity contribution in [3.8, 4) is 0 Å². The molecule has 0 aliphatic rings. The van der Waals surface area contributed by atoms with E-state index in [4.69, 9.17) is 5.41 Å². The normalized spacial score (nSPS) is 10.9. The number of nitrogens with zero attached hydrogens (tertiary/aromatic N) is 3. The molecular formula is C9H13N5O. The average molecular weight is 207 g/mol.